The zero-order valence-corrected chi connectivity index (χ0v) is 14.0. The van der Waals surface area contributed by atoms with Crippen molar-refractivity contribution in [2.45, 2.75) is 33.7 Å². The van der Waals surface area contributed by atoms with E-state index < -0.39 is 0 Å². The molecule has 0 fully saturated rings. The molecule has 0 aliphatic carbocycles. The molecule has 0 amide bonds. The van der Waals surface area contributed by atoms with Crippen LogP contribution < -0.4 is 5.32 Å². The normalized spacial score (nSPS) is 13.1. The van der Waals surface area contributed by atoms with Crippen molar-refractivity contribution < 1.29 is 0 Å². The Hall–Kier alpha value is -2.04. The first kappa shape index (κ1) is 16.3. The van der Waals surface area contributed by atoms with E-state index in [4.69, 9.17) is 0 Å². The number of rotatable bonds is 4. The lowest BCUT2D eigenvalue weighted by molar-refractivity contribution is 0.571. The van der Waals surface area contributed by atoms with Gasteiger partial charge in [0.05, 0.1) is 0 Å². The van der Waals surface area contributed by atoms with Crippen LogP contribution in [0.5, 0.6) is 0 Å². The molecule has 1 atom stereocenters. The number of hydrogen-bond acceptors (Lipinski definition) is 1. The third kappa shape index (κ3) is 4.76. The average Bonchev–Trinajstić information content (AvgIpc) is 2.49. The fraction of sp³-hybridized carbons (Fsp3) is 0.333. The molecular weight excluding hydrogens is 266 g/mol. The van der Waals surface area contributed by atoms with E-state index in [1.54, 1.807) is 0 Å². The van der Waals surface area contributed by atoms with Crippen LogP contribution in [0.1, 0.15) is 39.3 Å². The Balaban J connectivity index is 1.98. The summed E-state index contributed by atoms with van der Waals surface area (Å²) in [4.78, 5) is 0. The second-order valence-corrected chi connectivity index (χ2v) is 6.62. The Kier molecular flexibility index (Phi) is 5.41. The summed E-state index contributed by atoms with van der Waals surface area (Å²) in [7, 11) is 0. The maximum Gasteiger partial charge on any atom is 0.0300 e. The molecule has 114 valence electrons. The highest BCUT2D eigenvalue weighted by Gasteiger charge is 2.07. The second kappa shape index (κ2) is 7.29. The molecule has 1 heteroatoms. The van der Waals surface area contributed by atoms with E-state index in [0.717, 1.165) is 6.54 Å². The molecule has 0 spiro atoms. The highest BCUT2D eigenvalue weighted by Crippen LogP contribution is 2.23. The summed E-state index contributed by atoms with van der Waals surface area (Å²) in [5, 5.41) is 6.15. The minimum atomic E-state index is 0.0635. The molecule has 0 aliphatic rings. The third-order valence-electron chi connectivity index (χ3n) is 3.48. The van der Waals surface area contributed by atoms with Gasteiger partial charge in [0.15, 0.2) is 0 Å². The van der Waals surface area contributed by atoms with Crippen molar-refractivity contribution in [1.29, 1.82) is 0 Å². The quantitative estimate of drug-likeness (QED) is 0.773. The van der Waals surface area contributed by atoms with Crippen LogP contribution in [-0.2, 0) is 0 Å². The Labute approximate surface area is 134 Å². The molecule has 0 bridgehead atoms. The lowest BCUT2D eigenvalue weighted by Crippen LogP contribution is -2.18. The molecular formula is C21H25N. The highest BCUT2D eigenvalue weighted by atomic mass is 14.9. The van der Waals surface area contributed by atoms with Crippen LogP contribution in [0.25, 0.3) is 10.8 Å². The Morgan fingerprint density at radius 2 is 1.82 bits per heavy atom. The van der Waals surface area contributed by atoms with Crippen molar-refractivity contribution in [1.82, 2.24) is 5.32 Å². The number of allylic oxidation sites excluding steroid dienone is 1. The standard InChI is InChI=1S/C21H25N/c1-17(22-16-9-5-8-15-21(2,3)4)19-14-10-12-18-11-6-7-13-20(18)19/h5-7,9-14,17,22H,16H2,1-4H3/b9-5-/t17-/m1/s1. The van der Waals surface area contributed by atoms with Gasteiger partial charge in [-0.1, -0.05) is 60.4 Å². The van der Waals surface area contributed by atoms with E-state index in [2.05, 4.69) is 93.4 Å². The molecule has 1 N–H and O–H groups in total. The summed E-state index contributed by atoms with van der Waals surface area (Å²) < 4.78 is 0. The van der Waals surface area contributed by atoms with Crippen LogP contribution in [0.3, 0.4) is 0 Å². The predicted molar refractivity (Wildman–Crippen MR) is 96.7 cm³/mol. The largest absolute Gasteiger partial charge is 0.307 e. The van der Waals surface area contributed by atoms with Gasteiger partial charge in [0.25, 0.3) is 0 Å². The molecule has 2 aromatic carbocycles. The van der Waals surface area contributed by atoms with E-state index in [1.165, 1.54) is 16.3 Å². The second-order valence-electron chi connectivity index (χ2n) is 6.62. The SMILES string of the molecule is C[C@@H](NC/C=C\C#CC(C)(C)C)c1cccc2ccccc12. The highest BCUT2D eigenvalue weighted by molar-refractivity contribution is 5.86. The first-order valence-electron chi connectivity index (χ1n) is 7.86. The van der Waals surface area contributed by atoms with E-state index in [1.807, 2.05) is 6.08 Å². The molecule has 0 saturated heterocycles. The first-order valence-corrected chi connectivity index (χ1v) is 7.86. The number of hydrogen-bond donors (Lipinski definition) is 1. The minimum absolute atomic E-state index is 0.0635. The molecule has 0 aliphatic heterocycles. The lowest BCUT2D eigenvalue weighted by atomic mass is 9.98. The van der Waals surface area contributed by atoms with Crippen molar-refractivity contribution in [2.75, 3.05) is 6.54 Å². The maximum atomic E-state index is 3.53. The van der Waals surface area contributed by atoms with Crippen molar-refractivity contribution >= 4 is 10.8 Å². The van der Waals surface area contributed by atoms with E-state index in [9.17, 15) is 0 Å². The van der Waals surface area contributed by atoms with Gasteiger partial charge in [0.2, 0.25) is 0 Å². The maximum absolute atomic E-state index is 3.53. The molecule has 0 radical (unpaired) electrons. The van der Waals surface area contributed by atoms with Crippen LogP contribution in [0.2, 0.25) is 0 Å². The summed E-state index contributed by atoms with van der Waals surface area (Å²) in [6.07, 6.45) is 4.02. The first-order chi connectivity index (χ1) is 10.5. The van der Waals surface area contributed by atoms with Gasteiger partial charge in [-0.15, -0.1) is 0 Å². The number of nitrogens with one attached hydrogen (secondary N) is 1. The van der Waals surface area contributed by atoms with Crippen molar-refractivity contribution in [3.05, 3.63) is 60.2 Å². The molecule has 0 saturated carbocycles. The molecule has 0 unspecified atom stereocenters. The van der Waals surface area contributed by atoms with Crippen molar-refractivity contribution in [2.24, 2.45) is 5.41 Å². The fourth-order valence-electron chi connectivity index (χ4n) is 2.36. The van der Waals surface area contributed by atoms with Crippen LogP contribution >= 0.6 is 0 Å². The van der Waals surface area contributed by atoms with Crippen LogP contribution in [-0.4, -0.2) is 6.54 Å². The van der Waals surface area contributed by atoms with Crippen molar-refractivity contribution in [3.8, 4) is 11.8 Å². The number of benzene rings is 2. The molecule has 1 nitrogen and oxygen atoms in total. The summed E-state index contributed by atoms with van der Waals surface area (Å²) in [5.74, 6) is 6.30. The van der Waals surface area contributed by atoms with Crippen LogP contribution in [0, 0.1) is 17.3 Å². The van der Waals surface area contributed by atoms with Gasteiger partial charge in [-0.3, -0.25) is 0 Å². The topological polar surface area (TPSA) is 12.0 Å². The van der Waals surface area contributed by atoms with Gasteiger partial charge in [-0.2, -0.15) is 0 Å². The van der Waals surface area contributed by atoms with E-state index in [-0.39, 0.29) is 5.41 Å². The van der Waals surface area contributed by atoms with Gasteiger partial charge >= 0.3 is 0 Å². The molecule has 0 aromatic heterocycles. The molecule has 0 heterocycles. The van der Waals surface area contributed by atoms with E-state index >= 15 is 0 Å². The smallest absolute Gasteiger partial charge is 0.0300 e. The molecule has 2 aromatic rings. The Bertz CT molecular complexity index is 702. The van der Waals surface area contributed by atoms with Crippen LogP contribution in [0.4, 0.5) is 0 Å². The van der Waals surface area contributed by atoms with Gasteiger partial charge in [0.1, 0.15) is 0 Å². The zero-order valence-electron chi connectivity index (χ0n) is 14.0. The average molecular weight is 291 g/mol. The fourth-order valence-corrected chi connectivity index (χ4v) is 2.36. The zero-order chi connectivity index (χ0) is 16.0. The summed E-state index contributed by atoms with van der Waals surface area (Å²) >= 11 is 0. The summed E-state index contributed by atoms with van der Waals surface area (Å²) in [6.45, 7) is 9.39. The summed E-state index contributed by atoms with van der Waals surface area (Å²) in [5.41, 5.74) is 1.40. The third-order valence-corrected chi connectivity index (χ3v) is 3.48. The van der Waals surface area contributed by atoms with Gasteiger partial charge in [-0.05, 0) is 50.1 Å². The molecule has 22 heavy (non-hydrogen) atoms. The minimum Gasteiger partial charge on any atom is -0.307 e. The van der Waals surface area contributed by atoms with Gasteiger partial charge < -0.3 is 5.32 Å². The Morgan fingerprint density at radius 3 is 2.59 bits per heavy atom. The molecule has 2 rings (SSSR count). The van der Waals surface area contributed by atoms with Gasteiger partial charge in [0, 0.05) is 18.0 Å². The summed E-state index contributed by atoms with van der Waals surface area (Å²) in [6, 6.07) is 15.3. The lowest BCUT2D eigenvalue weighted by Gasteiger charge is -2.15. The predicted octanol–water partition coefficient (Wildman–Crippen LogP) is 5.10. The monoisotopic (exact) mass is 291 g/mol. The Morgan fingerprint density at radius 1 is 1.09 bits per heavy atom. The van der Waals surface area contributed by atoms with Crippen molar-refractivity contribution in [3.63, 3.8) is 0 Å². The van der Waals surface area contributed by atoms with Gasteiger partial charge in [-0.25, -0.2) is 0 Å². The van der Waals surface area contributed by atoms with E-state index in [0.29, 0.717) is 6.04 Å². The number of fused-ring (bicyclic) bond motifs is 1. The van der Waals surface area contributed by atoms with Crippen LogP contribution in [0.15, 0.2) is 54.6 Å².